The molecule has 0 N–H and O–H groups in total. The molecule has 1 saturated carbocycles. The Balaban J connectivity index is 2.31. The molecule has 0 aromatic carbocycles. The fourth-order valence-corrected chi connectivity index (χ4v) is 3.47. The number of rotatable bonds is 10. The largest absolute Gasteiger partial charge is 0.0654 e. The molecule has 0 aliphatic heterocycles. The molecule has 1 fully saturated rings. The maximum absolute atomic E-state index is 2.43. The van der Waals surface area contributed by atoms with Crippen LogP contribution in [-0.2, 0) is 0 Å². The Kier molecular flexibility index (Phi) is 7.34. The van der Waals surface area contributed by atoms with Gasteiger partial charge >= 0.3 is 0 Å². The van der Waals surface area contributed by atoms with Crippen molar-refractivity contribution in [2.45, 2.75) is 86.0 Å². The van der Waals surface area contributed by atoms with E-state index < -0.39 is 0 Å². The van der Waals surface area contributed by atoms with Gasteiger partial charge in [-0.15, -0.1) is 0 Å². The minimum absolute atomic E-state index is 0.861. The van der Waals surface area contributed by atoms with Gasteiger partial charge in [0.25, 0.3) is 0 Å². The molecule has 0 aromatic heterocycles. The zero-order valence-corrected chi connectivity index (χ0v) is 13.5. The summed E-state index contributed by atoms with van der Waals surface area (Å²) in [6, 6.07) is 0. The smallest absolute Gasteiger partial charge is 0.0358 e. The van der Waals surface area contributed by atoms with Crippen LogP contribution in [0.5, 0.6) is 0 Å². The summed E-state index contributed by atoms with van der Waals surface area (Å²) in [6.45, 7) is 11.9. The van der Waals surface area contributed by atoms with Crippen molar-refractivity contribution >= 4 is 0 Å². The number of hydrogen-bond donors (Lipinski definition) is 0. The molecule has 0 aromatic rings. The molecule has 0 saturated heterocycles. The highest BCUT2D eigenvalue weighted by Gasteiger charge is 2.34. The zero-order chi connectivity index (χ0) is 13.5. The summed E-state index contributed by atoms with van der Waals surface area (Å²) in [5.41, 5.74) is 0. The van der Waals surface area contributed by atoms with E-state index in [-0.39, 0.29) is 0 Å². The lowest BCUT2D eigenvalue weighted by atomic mass is 9.79. The Hall–Kier alpha value is 0. The van der Waals surface area contributed by atoms with E-state index in [1.54, 1.807) is 0 Å². The molecule has 0 heteroatoms. The Morgan fingerprint density at radius 3 is 2.06 bits per heavy atom. The van der Waals surface area contributed by atoms with Crippen LogP contribution in [0.2, 0.25) is 0 Å². The highest BCUT2D eigenvalue weighted by atomic mass is 14.4. The second kappa shape index (κ2) is 8.23. The maximum Gasteiger partial charge on any atom is -0.0358 e. The van der Waals surface area contributed by atoms with Crippen molar-refractivity contribution in [3.05, 3.63) is 0 Å². The van der Waals surface area contributed by atoms with Crippen LogP contribution in [0.15, 0.2) is 0 Å². The van der Waals surface area contributed by atoms with Gasteiger partial charge in [-0.2, -0.15) is 0 Å². The second-order valence-corrected chi connectivity index (χ2v) is 7.11. The Bertz CT molecular complexity index is 202. The summed E-state index contributed by atoms with van der Waals surface area (Å²) in [7, 11) is 0. The van der Waals surface area contributed by atoms with Crippen molar-refractivity contribution < 1.29 is 0 Å². The van der Waals surface area contributed by atoms with Crippen molar-refractivity contribution in [2.24, 2.45) is 29.6 Å². The van der Waals surface area contributed by atoms with Crippen molar-refractivity contribution in [1.82, 2.24) is 0 Å². The van der Waals surface area contributed by atoms with Crippen molar-refractivity contribution in [3.8, 4) is 0 Å². The highest BCUT2D eigenvalue weighted by molar-refractivity contribution is 4.85. The predicted molar refractivity (Wildman–Crippen MR) is 82.8 cm³/mol. The summed E-state index contributed by atoms with van der Waals surface area (Å²) in [5.74, 6) is 4.97. The van der Waals surface area contributed by atoms with E-state index in [0.29, 0.717) is 0 Å². The highest BCUT2D eigenvalue weighted by Crippen LogP contribution is 2.45. The molecule has 1 aliphatic carbocycles. The second-order valence-electron chi connectivity index (χ2n) is 7.11. The molecule has 0 radical (unpaired) electrons. The van der Waals surface area contributed by atoms with Crippen LogP contribution in [0.25, 0.3) is 0 Å². The summed E-state index contributed by atoms with van der Waals surface area (Å²) < 4.78 is 0. The standard InChI is InChI=1S/C18H36/c1-6-9-18(17-12-13-17)16(7-2)11-8-10-15(5)14(3)4/h14-18H,6-13H2,1-5H3. The summed E-state index contributed by atoms with van der Waals surface area (Å²) in [4.78, 5) is 0. The molecule has 108 valence electrons. The summed E-state index contributed by atoms with van der Waals surface area (Å²) >= 11 is 0. The van der Waals surface area contributed by atoms with E-state index in [1.165, 1.54) is 51.4 Å². The Labute approximate surface area is 116 Å². The van der Waals surface area contributed by atoms with Gasteiger partial charge in [0, 0.05) is 0 Å². The Morgan fingerprint density at radius 1 is 0.944 bits per heavy atom. The van der Waals surface area contributed by atoms with Gasteiger partial charge in [0.05, 0.1) is 0 Å². The van der Waals surface area contributed by atoms with Gasteiger partial charge in [0.2, 0.25) is 0 Å². The van der Waals surface area contributed by atoms with Crippen LogP contribution in [0.1, 0.15) is 86.0 Å². The van der Waals surface area contributed by atoms with Gasteiger partial charge in [0.15, 0.2) is 0 Å². The fourth-order valence-electron chi connectivity index (χ4n) is 3.47. The van der Waals surface area contributed by atoms with Gasteiger partial charge in [-0.3, -0.25) is 0 Å². The van der Waals surface area contributed by atoms with Gasteiger partial charge < -0.3 is 0 Å². The minimum Gasteiger partial charge on any atom is -0.0654 e. The molecule has 0 bridgehead atoms. The predicted octanol–water partition coefficient (Wildman–Crippen LogP) is 6.30. The van der Waals surface area contributed by atoms with E-state index in [9.17, 15) is 0 Å². The van der Waals surface area contributed by atoms with Crippen LogP contribution in [-0.4, -0.2) is 0 Å². The van der Waals surface area contributed by atoms with E-state index in [1.807, 2.05) is 0 Å². The van der Waals surface area contributed by atoms with E-state index in [4.69, 9.17) is 0 Å². The topological polar surface area (TPSA) is 0 Å². The first-order valence-corrected chi connectivity index (χ1v) is 8.60. The van der Waals surface area contributed by atoms with Crippen molar-refractivity contribution in [3.63, 3.8) is 0 Å². The molecule has 18 heavy (non-hydrogen) atoms. The zero-order valence-electron chi connectivity index (χ0n) is 13.5. The van der Waals surface area contributed by atoms with Crippen molar-refractivity contribution in [1.29, 1.82) is 0 Å². The monoisotopic (exact) mass is 252 g/mol. The SMILES string of the molecule is CCCC(C(CC)CCCC(C)C(C)C)C1CC1. The van der Waals surface area contributed by atoms with E-state index >= 15 is 0 Å². The van der Waals surface area contributed by atoms with E-state index in [0.717, 1.165) is 29.6 Å². The van der Waals surface area contributed by atoms with Crippen LogP contribution in [0, 0.1) is 29.6 Å². The van der Waals surface area contributed by atoms with Crippen molar-refractivity contribution in [2.75, 3.05) is 0 Å². The van der Waals surface area contributed by atoms with Crippen LogP contribution in [0.3, 0.4) is 0 Å². The molecule has 1 aliphatic rings. The normalized spacial score (nSPS) is 21.0. The average Bonchev–Trinajstić information content (AvgIpc) is 3.16. The summed E-state index contributed by atoms with van der Waals surface area (Å²) in [6.07, 6.45) is 11.8. The third kappa shape index (κ3) is 5.33. The number of hydrogen-bond acceptors (Lipinski definition) is 0. The van der Waals surface area contributed by atoms with Gasteiger partial charge in [-0.05, 0) is 42.4 Å². The first-order valence-electron chi connectivity index (χ1n) is 8.60. The molecular weight excluding hydrogens is 216 g/mol. The minimum atomic E-state index is 0.861. The van der Waals surface area contributed by atoms with Crippen LogP contribution >= 0.6 is 0 Å². The van der Waals surface area contributed by atoms with Gasteiger partial charge in [0.1, 0.15) is 0 Å². The lowest BCUT2D eigenvalue weighted by Crippen LogP contribution is -2.17. The third-order valence-corrected chi connectivity index (χ3v) is 5.35. The third-order valence-electron chi connectivity index (χ3n) is 5.35. The lowest BCUT2D eigenvalue weighted by molar-refractivity contribution is 0.238. The molecule has 1 rings (SSSR count). The first-order chi connectivity index (χ1) is 8.60. The summed E-state index contributed by atoms with van der Waals surface area (Å²) in [5, 5.41) is 0. The Morgan fingerprint density at radius 2 is 1.61 bits per heavy atom. The quantitative estimate of drug-likeness (QED) is 0.428. The van der Waals surface area contributed by atoms with Gasteiger partial charge in [-0.1, -0.05) is 73.1 Å². The average molecular weight is 252 g/mol. The molecule has 0 heterocycles. The first kappa shape index (κ1) is 16.1. The maximum atomic E-state index is 2.43. The van der Waals surface area contributed by atoms with Crippen LogP contribution in [0.4, 0.5) is 0 Å². The van der Waals surface area contributed by atoms with E-state index in [2.05, 4.69) is 34.6 Å². The van der Waals surface area contributed by atoms with Gasteiger partial charge in [-0.25, -0.2) is 0 Å². The molecular formula is C18H36. The van der Waals surface area contributed by atoms with Crippen LogP contribution < -0.4 is 0 Å². The lowest BCUT2D eigenvalue weighted by Gasteiger charge is -2.27. The molecule has 0 amide bonds. The molecule has 3 atom stereocenters. The molecule has 3 unspecified atom stereocenters. The molecule has 0 spiro atoms. The fraction of sp³-hybridized carbons (Fsp3) is 1.00. The molecule has 0 nitrogen and oxygen atoms in total.